The Morgan fingerprint density at radius 3 is 2.24 bits per heavy atom. The van der Waals surface area contributed by atoms with E-state index in [0.29, 0.717) is 5.56 Å². The van der Waals surface area contributed by atoms with Crippen LogP contribution in [-0.2, 0) is 14.9 Å². The number of hydrogen-bond acceptors (Lipinski definition) is 4. The Labute approximate surface area is 125 Å². The number of aryl methyl sites for hydroxylation is 1. The molecule has 4 nitrogen and oxygen atoms in total. The molecule has 21 heavy (non-hydrogen) atoms. The molecule has 0 heterocycles. The highest BCUT2D eigenvalue weighted by molar-refractivity contribution is 7.87. The molecule has 2 rings (SSSR count). The van der Waals surface area contributed by atoms with E-state index in [1.165, 1.54) is 12.1 Å². The molecule has 0 aromatic heterocycles. The number of ether oxygens (including phenoxy) is 1. The molecule has 0 N–H and O–H groups in total. The molecule has 0 fully saturated rings. The van der Waals surface area contributed by atoms with E-state index < -0.39 is 10.1 Å². The fraction of sp³-hybridized carbons (Fsp3) is 0.250. The minimum absolute atomic E-state index is 0.132. The number of methoxy groups -OCH3 is 1. The minimum atomic E-state index is -3.85. The largest absolute Gasteiger partial charge is 0.379 e. The van der Waals surface area contributed by atoms with Gasteiger partial charge in [0.15, 0.2) is 0 Å². The molecule has 0 bridgehead atoms. The monoisotopic (exact) mass is 306 g/mol. The van der Waals surface area contributed by atoms with E-state index in [0.717, 1.165) is 5.56 Å². The van der Waals surface area contributed by atoms with Crippen LogP contribution >= 0.6 is 0 Å². The van der Waals surface area contributed by atoms with Crippen LogP contribution in [0.2, 0.25) is 0 Å². The smallest absolute Gasteiger partial charge is 0.339 e. The van der Waals surface area contributed by atoms with Crippen LogP contribution in [0.3, 0.4) is 0 Å². The molecule has 2 aromatic carbocycles. The minimum Gasteiger partial charge on any atom is -0.379 e. The maximum absolute atomic E-state index is 12.3. The summed E-state index contributed by atoms with van der Waals surface area (Å²) in [5, 5.41) is 0. The van der Waals surface area contributed by atoms with E-state index in [2.05, 4.69) is 0 Å². The van der Waals surface area contributed by atoms with E-state index in [-0.39, 0.29) is 16.7 Å². The second-order valence-electron chi connectivity index (χ2n) is 4.77. The number of para-hydroxylation sites is 1. The number of rotatable bonds is 5. The summed E-state index contributed by atoms with van der Waals surface area (Å²) in [7, 11) is -2.28. The zero-order valence-electron chi connectivity index (χ0n) is 12.2. The quantitative estimate of drug-likeness (QED) is 0.794. The first-order valence-corrected chi connectivity index (χ1v) is 7.98. The molecule has 112 valence electrons. The Hall–Kier alpha value is -1.85. The van der Waals surface area contributed by atoms with Crippen molar-refractivity contribution in [3.05, 3.63) is 59.7 Å². The molecule has 2 aromatic rings. The van der Waals surface area contributed by atoms with Gasteiger partial charge in [-0.05, 0) is 32.0 Å². The first-order valence-electron chi connectivity index (χ1n) is 6.57. The van der Waals surface area contributed by atoms with Crippen molar-refractivity contribution < 1.29 is 17.3 Å². The van der Waals surface area contributed by atoms with Gasteiger partial charge < -0.3 is 8.92 Å². The molecular weight excluding hydrogens is 288 g/mol. The summed E-state index contributed by atoms with van der Waals surface area (Å²) in [4.78, 5) is 0.132. The topological polar surface area (TPSA) is 52.6 Å². The second kappa shape index (κ2) is 6.28. The van der Waals surface area contributed by atoms with Crippen LogP contribution in [0.25, 0.3) is 0 Å². The highest BCUT2D eigenvalue weighted by Gasteiger charge is 2.20. The van der Waals surface area contributed by atoms with E-state index >= 15 is 0 Å². The predicted octanol–water partition coefficient (Wildman–Crippen LogP) is 3.47. The van der Waals surface area contributed by atoms with E-state index in [9.17, 15) is 8.42 Å². The summed E-state index contributed by atoms with van der Waals surface area (Å²) in [6, 6.07) is 13.5. The van der Waals surface area contributed by atoms with Gasteiger partial charge in [0, 0.05) is 12.7 Å². The van der Waals surface area contributed by atoms with Crippen molar-refractivity contribution in [1.82, 2.24) is 0 Å². The summed E-state index contributed by atoms with van der Waals surface area (Å²) in [6.45, 7) is 3.73. The first-order chi connectivity index (χ1) is 9.94. The van der Waals surface area contributed by atoms with Gasteiger partial charge in [-0.15, -0.1) is 0 Å². The van der Waals surface area contributed by atoms with Gasteiger partial charge in [-0.2, -0.15) is 8.42 Å². The summed E-state index contributed by atoms with van der Waals surface area (Å²) >= 11 is 0. The lowest BCUT2D eigenvalue weighted by Crippen LogP contribution is -2.12. The van der Waals surface area contributed by atoms with E-state index in [1.54, 1.807) is 37.4 Å². The van der Waals surface area contributed by atoms with Crippen LogP contribution in [0.15, 0.2) is 53.4 Å². The van der Waals surface area contributed by atoms with Crippen molar-refractivity contribution in [2.24, 2.45) is 0 Å². The van der Waals surface area contributed by atoms with Crippen molar-refractivity contribution in [2.75, 3.05) is 7.11 Å². The van der Waals surface area contributed by atoms with Gasteiger partial charge in [0.1, 0.15) is 10.6 Å². The standard InChI is InChI=1S/C16H18O4S/c1-12-8-10-14(11-9-12)21(17,18)20-16-7-5-4-6-15(16)13(2)19-3/h4-11,13H,1-3H3. The van der Waals surface area contributed by atoms with Crippen molar-refractivity contribution in [3.8, 4) is 5.75 Å². The molecule has 0 radical (unpaired) electrons. The molecule has 0 aliphatic carbocycles. The Morgan fingerprint density at radius 1 is 1.00 bits per heavy atom. The molecule has 1 atom stereocenters. The molecule has 0 aliphatic heterocycles. The third-order valence-corrected chi connectivity index (χ3v) is 4.47. The van der Waals surface area contributed by atoms with Gasteiger partial charge in [-0.1, -0.05) is 35.9 Å². The van der Waals surface area contributed by atoms with Crippen LogP contribution in [0, 0.1) is 6.92 Å². The summed E-state index contributed by atoms with van der Waals surface area (Å²) in [5.74, 6) is 0.285. The van der Waals surface area contributed by atoms with E-state index in [1.807, 2.05) is 19.9 Å². The van der Waals surface area contributed by atoms with Crippen molar-refractivity contribution in [2.45, 2.75) is 24.8 Å². The van der Waals surface area contributed by atoms with Crippen molar-refractivity contribution in [1.29, 1.82) is 0 Å². The average Bonchev–Trinajstić information content (AvgIpc) is 2.47. The lowest BCUT2D eigenvalue weighted by atomic mass is 10.1. The molecule has 0 amide bonds. The molecule has 0 spiro atoms. The average molecular weight is 306 g/mol. The third kappa shape index (κ3) is 3.62. The van der Waals surface area contributed by atoms with Gasteiger partial charge in [-0.3, -0.25) is 0 Å². The van der Waals surface area contributed by atoms with Crippen LogP contribution in [-0.4, -0.2) is 15.5 Å². The maximum Gasteiger partial charge on any atom is 0.339 e. The Morgan fingerprint density at radius 2 is 1.62 bits per heavy atom. The Balaban J connectivity index is 2.35. The van der Waals surface area contributed by atoms with Crippen molar-refractivity contribution >= 4 is 10.1 Å². The third-order valence-electron chi connectivity index (χ3n) is 3.22. The van der Waals surface area contributed by atoms with E-state index in [4.69, 9.17) is 8.92 Å². The van der Waals surface area contributed by atoms with Crippen LogP contribution in [0.1, 0.15) is 24.2 Å². The van der Waals surface area contributed by atoms with Crippen LogP contribution in [0.5, 0.6) is 5.75 Å². The zero-order chi connectivity index (χ0) is 15.5. The highest BCUT2D eigenvalue weighted by atomic mass is 32.2. The number of benzene rings is 2. The molecule has 0 aliphatic rings. The molecule has 1 unspecified atom stereocenters. The SMILES string of the molecule is COC(C)c1ccccc1OS(=O)(=O)c1ccc(C)cc1. The molecule has 0 saturated carbocycles. The van der Waals surface area contributed by atoms with Gasteiger partial charge in [-0.25, -0.2) is 0 Å². The van der Waals surface area contributed by atoms with Gasteiger partial charge in [0.05, 0.1) is 6.10 Å². The zero-order valence-corrected chi connectivity index (χ0v) is 13.1. The molecule has 5 heteroatoms. The normalized spacial score (nSPS) is 12.9. The van der Waals surface area contributed by atoms with Gasteiger partial charge in [0.25, 0.3) is 0 Å². The molecular formula is C16H18O4S. The van der Waals surface area contributed by atoms with Gasteiger partial charge in [0.2, 0.25) is 0 Å². The second-order valence-corrected chi connectivity index (χ2v) is 6.31. The lowest BCUT2D eigenvalue weighted by molar-refractivity contribution is 0.118. The van der Waals surface area contributed by atoms with Crippen LogP contribution < -0.4 is 4.18 Å². The van der Waals surface area contributed by atoms with Crippen molar-refractivity contribution in [3.63, 3.8) is 0 Å². The summed E-state index contributed by atoms with van der Waals surface area (Å²) < 4.78 is 35.1. The maximum atomic E-state index is 12.3. The first kappa shape index (κ1) is 15.5. The Bertz CT molecular complexity index is 705. The Kier molecular flexibility index (Phi) is 4.65. The van der Waals surface area contributed by atoms with Crippen LogP contribution in [0.4, 0.5) is 0 Å². The summed E-state index contributed by atoms with van der Waals surface area (Å²) in [6.07, 6.45) is -0.255. The van der Waals surface area contributed by atoms with Gasteiger partial charge >= 0.3 is 10.1 Å². The fourth-order valence-electron chi connectivity index (χ4n) is 1.89. The predicted molar refractivity (Wildman–Crippen MR) is 80.9 cm³/mol. The number of hydrogen-bond donors (Lipinski definition) is 0. The summed E-state index contributed by atoms with van der Waals surface area (Å²) in [5.41, 5.74) is 1.68. The highest BCUT2D eigenvalue weighted by Crippen LogP contribution is 2.29. The fourth-order valence-corrected chi connectivity index (χ4v) is 2.84. The molecule has 0 saturated heterocycles. The lowest BCUT2D eigenvalue weighted by Gasteiger charge is -2.15.